The smallest absolute Gasteiger partial charge is 0.451 e. The summed E-state index contributed by atoms with van der Waals surface area (Å²) < 4.78 is 0. The lowest BCUT2D eigenvalue weighted by Gasteiger charge is -2.43. The zero-order valence-electron chi connectivity index (χ0n) is 14.3. The number of carbonyl (C=O) groups excluding carboxylic acids is 1. The fourth-order valence-electron chi connectivity index (χ4n) is 4.34. The monoisotopic (exact) mass is 340 g/mol. The largest absolute Gasteiger partial charge is 0.481 e. The minimum Gasteiger partial charge on any atom is -0.481 e. The summed E-state index contributed by atoms with van der Waals surface area (Å²) in [6.07, 6.45) is 4.16. The molecule has 1 aliphatic carbocycles. The summed E-state index contributed by atoms with van der Waals surface area (Å²) in [4.78, 5) is 24.7. The molecule has 1 heterocycles. The van der Waals surface area contributed by atoms with Gasteiger partial charge in [0, 0.05) is 19.6 Å². The van der Waals surface area contributed by atoms with Crippen molar-refractivity contribution in [3.05, 3.63) is 0 Å². The Morgan fingerprint density at radius 2 is 2.08 bits per heavy atom. The van der Waals surface area contributed by atoms with Crippen molar-refractivity contribution in [3.8, 4) is 0 Å². The van der Waals surface area contributed by atoms with Gasteiger partial charge >= 0.3 is 13.1 Å². The first-order chi connectivity index (χ1) is 11.2. The molecule has 2 rings (SSSR count). The average molecular weight is 340 g/mol. The average Bonchev–Trinajstić information content (AvgIpc) is 2.57. The molecule has 2 fully saturated rings. The molecule has 24 heavy (non-hydrogen) atoms. The van der Waals surface area contributed by atoms with E-state index >= 15 is 0 Å². The molecule has 1 saturated carbocycles. The van der Waals surface area contributed by atoms with Gasteiger partial charge < -0.3 is 30.6 Å². The van der Waals surface area contributed by atoms with E-state index in [-0.39, 0.29) is 11.8 Å². The fraction of sp³-hybridized carbons (Fsp3) is 0.875. The highest BCUT2D eigenvalue weighted by Gasteiger charge is 2.48. The maximum atomic E-state index is 11.4. The van der Waals surface area contributed by atoms with E-state index in [2.05, 4.69) is 4.90 Å². The van der Waals surface area contributed by atoms with Gasteiger partial charge in [0.15, 0.2) is 0 Å². The summed E-state index contributed by atoms with van der Waals surface area (Å²) in [5.41, 5.74) is 5.09. The molecule has 8 heteroatoms. The maximum absolute atomic E-state index is 11.4. The SMILES string of the molecule is C[C@@](N)(C=O)CN1C[C@@H](CCCB(O)O)CC2C(C(=O)O)C[C@@H]2C1. The number of likely N-dealkylation sites (tertiary alicyclic amines) is 1. The molecular formula is C16H29BN2O5. The predicted molar refractivity (Wildman–Crippen MR) is 90.2 cm³/mol. The van der Waals surface area contributed by atoms with Gasteiger partial charge in [0.05, 0.1) is 11.5 Å². The normalized spacial score (nSPS) is 32.8. The number of aliphatic carboxylic acids is 1. The molecule has 136 valence electrons. The molecule has 7 nitrogen and oxygen atoms in total. The Morgan fingerprint density at radius 1 is 1.38 bits per heavy atom. The highest BCUT2D eigenvalue weighted by molar-refractivity contribution is 6.40. The van der Waals surface area contributed by atoms with Crippen LogP contribution in [0.5, 0.6) is 0 Å². The number of carboxylic acids is 1. The molecule has 0 radical (unpaired) electrons. The van der Waals surface area contributed by atoms with Gasteiger partial charge in [-0.2, -0.15) is 0 Å². The number of fused-ring (bicyclic) bond motifs is 1. The van der Waals surface area contributed by atoms with Gasteiger partial charge in [-0.15, -0.1) is 0 Å². The van der Waals surface area contributed by atoms with Crippen LogP contribution < -0.4 is 5.73 Å². The predicted octanol–water partition coefficient (Wildman–Crippen LogP) is -0.185. The Morgan fingerprint density at radius 3 is 2.67 bits per heavy atom. The van der Waals surface area contributed by atoms with Crippen molar-refractivity contribution in [2.24, 2.45) is 29.4 Å². The zero-order chi connectivity index (χ0) is 17.9. The Kier molecular flexibility index (Phi) is 6.42. The molecule has 0 bridgehead atoms. The van der Waals surface area contributed by atoms with Crippen molar-refractivity contribution in [2.75, 3.05) is 19.6 Å². The van der Waals surface area contributed by atoms with Gasteiger partial charge in [0.1, 0.15) is 6.29 Å². The summed E-state index contributed by atoms with van der Waals surface area (Å²) in [7, 11) is -1.29. The number of nitrogens with zero attached hydrogens (tertiary/aromatic N) is 1. The van der Waals surface area contributed by atoms with Gasteiger partial charge in [-0.1, -0.05) is 6.42 Å². The fourth-order valence-corrected chi connectivity index (χ4v) is 4.34. The van der Waals surface area contributed by atoms with Crippen molar-refractivity contribution in [3.63, 3.8) is 0 Å². The Balaban J connectivity index is 2.01. The van der Waals surface area contributed by atoms with E-state index in [1.165, 1.54) is 0 Å². The van der Waals surface area contributed by atoms with Crippen LogP contribution in [0, 0.1) is 23.7 Å². The van der Waals surface area contributed by atoms with Crippen molar-refractivity contribution >= 4 is 19.4 Å². The highest BCUT2D eigenvalue weighted by atomic mass is 16.4. The number of carbonyl (C=O) groups is 2. The van der Waals surface area contributed by atoms with Crippen LogP contribution in [0.1, 0.15) is 32.6 Å². The molecule has 1 saturated heterocycles. The van der Waals surface area contributed by atoms with Crippen LogP contribution in [0.2, 0.25) is 6.32 Å². The van der Waals surface area contributed by atoms with E-state index in [1.807, 2.05) is 0 Å². The maximum Gasteiger partial charge on any atom is 0.451 e. The van der Waals surface area contributed by atoms with Crippen LogP contribution in [0.3, 0.4) is 0 Å². The van der Waals surface area contributed by atoms with Crippen molar-refractivity contribution in [1.29, 1.82) is 0 Å². The summed E-state index contributed by atoms with van der Waals surface area (Å²) in [6, 6.07) is 0. The molecule has 0 aromatic rings. The van der Waals surface area contributed by atoms with Crippen molar-refractivity contribution in [1.82, 2.24) is 4.90 Å². The molecule has 0 aromatic heterocycles. The van der Waals surface area contributed by atoms with Crippen LogP contribution >= 0.6 is 0 Å². The van der Waals surface area contributed by atoms with Crippen molar-refractivity contribution in [2.45, 2.75) is 44.5 Å². The number of nitrogens with two attached hydrogens (primary N) is 1. The quantitative estimate of drug-likeness (QED) is 0.357. The molecular weight excluding hydrogens is 311 g/mol. The van der Waals surface area contributed by atoms with Gasteiger partial charge in [-0.05, 0) is 50.3 Å². The molecule has 0 spiro atoms. The van der Waals surface area contributed by atoms with Crippen LogP contribution in [0.4, 0.5) is 0 Å². The summed E-state index contributed by atoms with van der Waals surface area (Å²) in [5, 5.41) is 27.4. The lowest BCUT2D eigenvalue weighted by molar-refractivity contribution is -0.151. The lowest BCUT2D eigenvalue weighted by Crippen LogP contribution is -2.52. The van der Waals surface area contributed by atoms with Crippen LogP contribution in [-0.4, -0.2) is 64.6 Å². The van der Waals surface area contributed by atoms with E-state index in [1.54, 1.807) is 6.92 Å². The van der Waals surface area contributed by atoms with Gasteiger partial charge in [0.2, 0.25) is 0 Å². The number of hydrogen-bond acceptors (Lipinski definition) is 6. The molecule has 2 unspecified atom stereocenters. The number of hydrogen-bond donors (Lipinski definition) is 4. The molecule has 0 amide bonds. The highest BCUT2D eigenvalue weighted by Crippen LogP contribution is 2.47. The minimum absolute atomic E-state index is 0.178. The van der Waals surface area contributed by atoms with Gasteiger partial charge in [0.25, 0.3) is 0 Å². The molecule has 1 aliphatic heterocycles. The Bertz CT molecular complexity index is 460. The first-order valence-electron chi connectivity index (χ1n) is 8.78. The second kappa shape index (κ2) is 7.95. The Hall–Kier alpha value is -0.955. The van der Waals surface area contributed by atoms with E-state index in [9.17, 15) is 14.7 Å². The van der Waals surface area contributed by atoms with Gasteiger partial charge in [-0.3, -0.25) is 4.79 Å². The van der Waals surface area contributed by atoms with E-state index < -0.39 is 18.6 Å². The second-order valence-electron chi connectivity index (χ2n) is 7.94. The van der Waals surface area contributed by atoms with Crippen molar-refractivity contribution < 1.29 is 24.7 Å². The number of rotatable bonds is 8. The van der Waals surface area contributed by atoms with Crippen LogP contribution in [-0.2, 0) is 9.59 Å². The molecule has 0 aromatic carbocycles. The van der Waals surface area contributed by atoms with Crippen LogP contribution in [0.25, 0.3) is 0 Å². The Labute approximate surface area is 143 Å². The van der Waals surface area contributed by atoms with E-state index in [0.29, 0.717) is 37.5 Å². The standard InChI is InChI=1S/C16H29BN2O5/c1-16(18,10-20)9-19-7-11(3-2-4-17(23)24)5-13-12(8-19)6-14(13)15(21)22/h10-14,23-24H,2-9,18H2,1H3,(H,21,22)/t11-,12+,13?,14?,16-/m0/s1. The second-order valence-corrected chi connectivity index (χ2v) is 7.94. The molecule has 5 atom stereocenters. The first kappa shape index (κ1) is 19.4. The summed E-state index contributed by atoms with van der Waals surface area (Å²) in [6.45, 7) is 3.74. The number of aldehydes is 1. The third-order valence-electron chi connectivity index (χ3n) is 5.52. The molecule has 5 N–H and O–H groups in total. The lowest BCUT2D eigenvalue weighted by atomic mass is 9.62. The summed E-state index contributed by atoms with van der Waals surface area (Å²) >= 11 is 0. The minimum atomic E-state index is -1.29. The third-order valence-corrected chi connectivity index (χ3v) is 5.52. The number of carboxylic acid groups (broad SMARTS) is 1. The zero-order valence-corrected chi connectivity index (χ0v) is 14.3. The van der Waals surface area contributed by atoms with E-state index in [4.69, 9.17) is 15.8 Å². The topological polar surface area (TPSA) is 124 Å². The third kappa shape index (κ3) is 5.02. The van der Waals surface area contributed by atoms with E-state index in [0.717, 1.165) is 32.2 Å². The first-order valence-corrected chi connectivity index (χ1v) is 8.78. The van der Waals surface area contributed by atoms with Gasteiger partial charge in [-0.25, -0.2) is 0 Å². The van der Waals surface area contributed by atoms with Crippen LogP contribution in [0.15, 0.2) is 0 Å². The molecule has 2 aliphatic rings. The summed E-state index contributed by atoms with van der Waals surface area (Å²) in [5.74, 6) is -0.163.